The minimum Gasteiger partial charge on any atom is -0.304 e. The molecule has 1 fully saturated rings. The lowest BCUT2D eigenvalue weighted by atomic mass is 10.0. The standard InChI is InChI=1S/C19H17ClN4/c20-16-6-4-15(5-7-16)19(14-2-3-14)23-11-17-10-22-18-8-1-13(9-21)12-24(17)18/h1,4-8,10,12,14,19,23H,2-3,11H2. The smallest absolute Gasteiger partial charge is 0.137 e. The van der Waals surface area contributed by atoms with Gasteiger partial charge in [-0.2, -0.15) is 5.26 Å². The number of nitrogens with one attached hydrogen (secondary N) is 1. The van der Waals surface area contributed by atoms with Crippen LogP contribution >= 0.6 is 11.6 Å². The number of aromatic nitrogens is 2. The molecule has 2 heterocycles. The molecule has 1 aliphatic rings. The Balaban J connectivity index is 1.56. The van der Waals surface area contributed by atoms with Crippen molar-refractivity contribution < 1.29 is 0 Å². The Morgan fingerprint density at radius 2 is 2.04 bits per heavy atom. The van der Waals surface area contributed by atoms with E-state index in [9.17, 15) is 0 Å². The minimum atomic E-state index is 0.326. The van der Waals surface area contributed by atoms with Crippen molar-refractivity contribution in [3.8, 4) is 6.07 Å². The molecular weight excluding hydrogens is 320 g/mol. The molecule has 0 spiro atoms. The summed E-state index contributed by atoms with van der Waals surface area (Å²) in [5.41, 5.74) is 3.83. The van der Waals surface area contributed by atoms with E-state index >= 15 is 0 Å². The molecule has 0 radical (unpaired) electrons. The summed E-state index contributed by atoms with van der Waals surface area (Å²) in [6.07, 6.45) is 6.22. The third kappa shape index (κ3) is 3.01. The van der Waals surface area contributed by atoms with E-state index in [0.717, 1.165) is 16.4 Å². The van der Waals surface area contributed by atoms with Crippen molar-refractivity contribution in [1.82, 2.24) is 14.7 Å². The predicted octanol–water partition coefficient (Wildman–Crippen LogP) is 4.10. The van der Waals surface area contributed by atoms with Crippen LogP contribution in [0.15, 0.2) is 48.8 Å². The molecule has 1 aromatic carbocycles. The first-order chi connectivity index (χ1) is 11.7. The Morgan fingerprint density at radius 3 is 2.75 bits per heavy atom. The van der Waals surface area contributed by atoms with Gasteiger partial charge >= 0.3 is 0 Å². The van der Waals surface area contributed by atoms with Crippen molar-refractivity contribution in [2.24, 2.45) is 5.92 Å². The second-order valence-electron chi connectivity index (χ2n) is 6.25. The second kappa shape index (κ2) is 6.27. The van der Waals surface area contributed by atoms with Crippen LogP contribution in [0.25, 0.3) is 5.65 Å². The van der Waals surface area contributed by atoms with Crippen molar-refractivity contribution in [2.45, 2.75) is 25.4 Å². The van der Waals surface area contributed by atoms with Crippen LogP contribution in [-0.4, -0.2) is 9.38 Å². The number of rotatable bonds is 5. The monoisotopic (exact) mass is 336 g/mol. The van der Waals surface area contributed by atoms with Crippen LogP contribution in [-0.2, 0) is 6.54 Å². The SMILES string of the molecule is N#Cc1ccc2ncc(CNC(c3ccc(Cl)cc3)C3CC3)n2c1. The molecule has 3 aromatic rings. The molecule has 4 nitrogen and oxygen atoms in total. The summed E-state index contributed by atoms with van der Waals surface area (Å²) in [6.45, 7) is 0.708. The van der Waals surface area contributed by atoms with E-state index in [-0.39, 0.29) is 0 Å². The number of nitrogens with zero attached hydrogens (tertiary/aromatic N) is 3. The fraction of sp³-hybridized carbons (Fsp3) is 0.263. The molecule has 1 atom stereocenters. The number of hydrogen-bond acceptors (Lipinski definition) is 3. The third-order valence-electron chi connectivity index (χ3n) is 4.54. The molecule has 120 valence electrons. The molecule has 0 saturated heterocycles. The number of hydrogen-bond donors (Lipinski definition) is 1. The second-order valence-corrected chi connectivity index (χ2v) is 6.69. The fourth-order valence-corrected chi connectivity index (χ4v) is 3.22. The van der Waals surface area contributed by atoms with Gasteiger partial charge in [0.1, 0.15) is 11.7 Å². The average molecular weight is 337 g/mol. The van der Waals surface area contributed by atoms with Crippen LogP contribution in [0.3, 0.4) is 0 Å². The molecule has 2 aromatic heterocycles. The quantitative estimate of drug-likeness (QED) is 0.763. The van der Waals surface area contributed by atoms with E-state index in [4.69, 9.17) is 16.9 Å². The van der Waals surface area contributed by atoms with Crippen LogP contribution in [0, 0.1) is 17.2 Å². The van der Waals surface area contributed by atoms with Crippen molar-refractivity contribution in [3.05, 3.63) is 70.6 Å². The van der Waals surface area contributed by atoms with E-state index in [2.05, 4.69) is 28.5 Å². The lowest BCUT2D eigenvalue weighted by molar-refractivity contribution is 0.476. The topological polar surface area (TPSA) is 53.1 Å². The average Bonchev–Trinajstić information content (AvgIpc) is 3.37. The van der Waals surface area contributed by atoms with Crippen molar-refractivity contribution in [2.75, 3.05) is 0 Å². The molecule has 1 saturated carbocycles. The van der Waals surface area contributed by atoms with Gasteiger partial charge in [-0.3, -0.25) is 0 Å². The zero-order chi connectivity index (χ0) is 16.5. The maximum Gasteiger partial charge on any atom is 0.137 e. The summed E-state index contributed by atoms with van der Waals surface area (Å²) in [5, 5.41) is 13.5. The van der Waals surface area contributed by atoms with Gasteiger partial charge in [0, 0.05) is 23.8 Å². The number of halogens is 1. The third-order valence-corrected chi connectivity index (χ3v) is 4.79. The van der Waals surface area contributed by atoms with Gasteiger partial charge in [-0.15, -0.1) is 0 Å². The predicted molar refractivity (Wildman–Crippen MR) is 93.7 cm³/mol. The largest absolute Gasteiger partial charge is 0.304 e. The normalized spacial score (nSPS) is 15.3. The highest BCUT2D eigenvalue weighted by Gasteiger charge is 2.32. The summed E-state index contributed by atoms with van der Waals surface area (Å²) in [7, 11) is 0. The Hall–Kier alpha value is -2.35. The lowest BCUT2D eigenvalue weighted by Gasteiger charge is -2.19. The highest BCUT2D eigenvalue weighted by atomic mass is 35.5. The van der Waals surface area contributed by atoms with Gasteiger partial charge in [-0.1, -0.05) is 23.7 Å². The van der Waals surface area contributed by atoms with E-state index in [1.165, 1.54) is 18.4 Å². The first-order valence-electron chi connectivity index (χ1n) is 8.09. The van der Waals surface area contributed by atoms with Crippen LogP contribution < -0.4 is 5.32 Å². The molecule has 5 heteroatoms. The Kier molecular flexibility index (Phi) is 3.97. The van der Waals surface area contributed by atoms with E-state index in [1.807, 2.05) is 35.0 Å². The van der Waals surface area contributed by atoms with Gasteiger partial charge in [-0.05, 0) is 48.6 Å². The molecule has 0 aliphatic heterocycles. The molecule has 1 unspecified atom stereocenters. The zero-order valence-electron chi connectivity index (χ0n) is 13.1. The van der Waals surface area contributed by atoms with Gasteiger partial charge in [0.05, 0.1) is 17.5 Å². The van der Waals surface area contributed by atoms with Crippen LogP contribution in [0.1, 0.15) is 35.7 Å². The molecule has 0 bridgehead atoms. The Morgan fingerprint density at radius 1 is 1.25 bits per heavy atom. The highest BCUT2D eigenvalue weighted by molar-refractivity contribution is 6.30. The van der Waals surface area contributed by atoms with Crippen molar-refractivity contribution >= 4 is 17.2 Å². The molecule has 24 heavy (non-hydrogen) atoms. The number of pyridine rings is 1. The van der Waals surface area contributed by atoms with Crippen LogP contribution in [0.4, 0.5) is 0 Å². The summed E-state index contributed by atoms with van der Waals surface area (Å²) >= 11 is 6.01. The highest BCUT2D eigenvalue weighted by Crippen LogP contribution is 2.41. The summed E-state index contributed by atoms with van der Waals surface area (Å²) in [5.74, 6) is 0.681. The molecular formula is C19H17ClN4. The first kappa shape index (κ1) is 15.2. The lowest BCUT2D eigenvalue weighted by Crippen LogP contribution is -2.23. The fourth-order valence-electron chi connectivity index (χ4n) is 3.10. The number of imidazole rings is 1. The van der Waals surface area contributed by atoms with E-state index in [0.29, 0.717) is 24.1 Å². The Labute approximate surface area is 145 Å². The maximum absolute atomic E-state index is 9.09. The summed E-state index contributed by atoms with van der Waals surface area (Å²) in [6, 6.07) is 14.3. The van der Waals surface area contributed by atoms with Gasteiger partial charge in [0.25, 0.3) is 0 Å². The molecule has 1 N–H and O–H groups in total. The molecule has 4 rings (SSSR count). The number of nitriles is 1. The first-order valence-corrected chi connectivity index (χ1v) is 8.47. The van der Waals surface area contributed by atoms with E-state index in [1.54, 1.807) is 6.07 Å². The number of fused-ring (bicyclic) bond motifs is 1. The van der Waals surface area contributed by atoms with Gasteiger partial charge in [0.2, 0.25) is 0 Å². The zero-order valence-corrected chi connectivity index (χ0v) is 13.9. The van der Waals surface area contributed by atoms with Gasteiger partial charge < -0.3 is 9.72 Å². The number of benzene rings is 1. The van der Waals surface area contributed by atoms with Crippen molar-refractivity contribution in [3.63, 3.8) is 0 Å². The van der Waals surface area contributed by atoms with Crippen LogP contribution in [0.2, 0.25) is 5.02 Å². The summed E-state index contributed by atoms with van der Waals surface area (Å²) in [4.78, 5) is 4.41. The van der Waals surface area contributed by atoms with Gasteiger partial charge in [0.15, 0.2) is 0 Å². The van der Waals surface area contributed by atoms with Crippen LogP contribution in [0.5, 0.6) is 0 Å². The minimum absolute atomic E-state index is 0.326. The van der Waals surface area contributed by atoms with Gasteiger partial charge in [-0.25, -0.2) is 4.98 Å². The Bertz CT molecular complexity index is 903. The molecule has 0 amide bonds. The molecule has 1 aliphatic carbocycles. The van der Waals surface area contributed by atoms with E-state index < -0.39 is 0 Å². The summed E-state index contributed by atoms with van der Waals surface area (Å²) < 4.78 is 1.98. The van der Waals surface area contributed by atoms with Crippen molar-refractivity contribution in [1.29, 1.82) is 5.26 Å². The maximum atomic E-state index is 9.09.